The first kappa shape index (κ1) is 14.8. The van der Waals surface area contributed by atoms with Gasteiger partial charge in [0.15, 0.2) is 0 Å². The number of amides is 1. The predicted octanol–water partition coefficient (Wildman–Crippen LogP) is 3.33. The molecule has 2 aromatic heterocycles. The molecule has 4 nitrogen and oxygen atoms in total. The van der Waals surface area contributed by atoms with E-state index in [9.17, 15) is 4.79 Å². The van der Waals surface area contributed by atoms with Crippen LogP contribution in [-0.2, 0) is 13.0 Å². The summed E-state index contributed by atoms with van der Waals surface area (Å²) in [5, 5.41) is 8.14. The SMILES string of the molecule is CCc1ccsc1CNC(=O)c1nc(NC)ccc1Cl. The maximum atomic E-state index is 12.1. The van der Waals surface area contributed by atoms with E-state index >= 15 is 0 Å². The summed E-state index contributed by atoms with van der Waals surface area (Å²) in [6.07, 6.45) is 0.961. The number of hydrogen-bond donors (Lipinski definition) is 2. The normalized spacial score (nSPS) is 10.3. The smallest absolute Gasteiger partial charge is 0.271 e. The Balaban J connectivity index is 2.09. The van der Waals surface area contributed by atoms with Gasteiger partial charge < -0.3 is 10.6 Å². The maximum absolute atomic E-state index is 12.1. The molecule has 20 heavy (non-hydrogen) atoms. The zero-order valence-electron chi connectivity index (χ0n) is 11.4. The third kappa shape index (κ3) is 3.29. The van der Waals surface area contributed by atoms with Crippen molar-refractivity contribution >= 4 is 34.7 Å². The molecule has 2 rings (SSSR count). The van der Waals surface area contributed by atoms with Crippen molar-refractivity contribution in [1.82, 2.24) is 10.3 Å². The summed E-state index contributed by atoms with van der Waals surface area (Å²) in [6, 6.07) is 5.48. The molecule has 0 radical (unpaired) electrons. The van der Waals surface area contributed by atoms with Crippen molar-refractivity contribution in [2.75, 3.05) is 12.4 Å². The fourth-order valence-electron chi connectivity index (χ4n) is 1.82. The lowest BCUT2D eigenvalue weighted by molar-refractivity contribution is 0.0946. The third-order valence-electron chi connectivity index (χ3n) is 2.95. The Labute approximate surface area is 127 Å². The molecular formula is C14H16ClN3OS. The fourth-order valence-corrected chi connectivity index (χ4v) is 2.93. The second-order valence-corrected chi connectivity index (χ2v) is 5.59. The van der Waals surface area contributed by atoms with Crippen LogP contribution in [0.2, 0.25) is 5.02 Å². The molecule has 106 valence electrons. The Morgan fingerprint density at radius 2 is 2.20 bits per heavy atom. The number of anilines is 1. The summed E-state index contributed by atoms with van der Waals surface area (Å²) in [5.41, 5.74) is 1.51. The van der Waals surface area contributed by atoms with Crippen molar-refractivity contribution in [1.29, 1.82) is 0 Å². The molecule has 1 amide bonds. The number of nitrogens with zero attached hydrogens (tertiary/aromatic N) is 1. The molecule has 6 heteroatoms. The van der Waals surface area contributed by atoms with E-state index in [2.05, 4.69) is 28.6 Å². The molecule has 0 fully saturated rings. The van der Waals surface area contributed by atoms with Gasteiger partial charge in [-0.25, -0.2) is 4.98 Å². The highest BCUT2D eigenvalue weighted by molar-refractivity contribution is 7.10. The Morgan fingerprint density at radius 3 is 2.90 bits per heavy atom. The Bertz CT molecular complexity index is 612. The van der Waals surface area contributed by atoms with E-state index in [1.165, 1.54) is 10.4 Å². The summed E-state index contributed by atoms with van der Waals surface area (Å²) < 4.78 is 0. The maximum Gasteiger partial charge on any atom is 0.271 e. The molecule has 0 aliphatic heterocycles. The zero-order chi connectivity index (χ0) is 14.5. The second kappa shape index (κ2) is 6.72. The van der Waals surface area contributed by atoms with Gasteiger partial charge in [0.25, 0.3) is 5.91 Å². The van der Waals surface area contributed by atoms with Gasteiger partial charge in [-0.05, 0) is 35.6 Å². The lowest BCUT2D eigenvalue weighted by atomic mass is 10.2. The van der Waals surface area contributed by atoms with E-state index in [1.807, 2.05) is 5.38 Å². The highest BCUT2D eigenvalue weighted by atomic mass is 35.5. The van der Waals surface area contributed by atoms with Gasteiger partial charge in [-0.2, -0.15) is 0 Å². The van der Waals surface area contributed by atoms with Crippen molar-refractivity contribution in [3.8, 4) is 0 Å². The standard InChI is InChI=1S/C14H16ClN3OS/c1-3-9-6-7-20-11(9)8-17-14(19)13-10(15)4-5-12(16-2)18-13/h4-7H,3,8H2,1-2H3,(H,16,18)(H,17,19). The summed E-state index contributed by atoms with van der Waals surface area (Å²) in [5.74, 6) is 0.354. The van der Waals surface area contributed by atoms with Crippen molar-refractivity contribution in [2.45, 2.75) is 19.9 Å². The number of carbonyl (C=O) groups excluding carboxylic acids is 1. The first-order valence-corrected chi connectivity index (χ1v) is 7.59. The van der Waals surface area contributed by atoms with E-state index in [0.29, 0.717) is 17.4 Å². The lowest BCUT2D eigenvalue weighted by Gasteiger charge is -2.08. The van der Waals surface area contributed by atoms with E-state index in [1.54, 1.807) is 30.5 Å². The van der Waals surface area contributed by atoms with E-state index < -0.39 is 0 Å². The number of thiophene rings is 1. The summed E-state index contributed by atoms with van der Waals surface area (Å²) in [6.45, 7) is 2.60. The first-order valence-electron chi connectivity index (χ1n) is 6.33. The number of aryl methyl sites for hydroxylation is 1. The minimum Gasteiger partial charge on any atom is -0.373 e. The van der Waals surface area contributed by atoms with Crippen LogP contribution in [0.1, 0.15) is 27.9 Å². The second-order valence-electron chi connectivity index (χ2n) is 4.18. The number of aromatic nitrogens is 1. The van der Waals surface area contributed by atoms with Crippen LogP contribution in [0.4, 0.5) is 5.82 Å². The summed E-state index contributed by atoms with van der Waals surface area (Å²) in [7, 11) is 1.75. The Morgan fingerprint density at radius 1 is 1.40 bits per heavy atom. The number of hydrogen-bond acceptors (Lipinski definition) is 4. The van der Waals surface area contributed by atoms with Crippen LogP contribution in [0.15, 0.2) is 23.6 Å². The molecule has 2 heterocycles. The highest BCUT2D eigenvalue weighted by Crippen LogP contribution is 2.19. The number of pyridine rings is 1. The van der Waals surface area contributed by atoms with Crippen LogP contribution in [0, 0.1) is 0 Å². The number of nitrogens with one attached hydrogen (secondary N) is 2. The molecule has 0 saturated carbocycles. The average Bonchev–Trinajstić information content (AvgIpc) is 2.92. The molecule has 0 saturated heterocycles. The monoisotopic (exact) mass is 309 g/mol. The number of carbonyl (C=O) groups is 1. The highest BCUT2D eigenvalue weighted by Gasteiger charge is 2.13. The lowest BCUT2D eigenvalue weighted by Crippen LogP contribution is -2.24. The molecule has 0 aliphatic rings. The van der Waals surface area contributed by atoms with E-state index in [0.717, 1.165) is 6.42 Å². The molecule has 2 N–H and O–H groups in total. The van der Waals surface area contributed by atoms with Crippen molar-refractivity contribution in [2.24, 2.45) is 0 Å². The molecule has 0 unspecified atom stereocenters. The minimum absolute atomic E-state index is 0.244. The van der Waals surface area contributed by atoms with Gasteiger partial charge in [-0.15, -0.1) is 11.3 Å². The Kier molecular flexibility index (Phi) is 4.98. The van der Waals surface area contributed by atoms with Gasteiger partial charge in [0.2, 0.25) is 0 Å². The van der Waals surface area contributed by atoms with Gasteiger partial charge in [0.1, 0.15) is 11.5 Å². The quantitative estimate of drug-likeness (QED) is 0.890. The zero-order valence-corrected chi connectivity index (χ0v) is 12.9. The van der Waals surface area contributed by atoms with Gasteiger partial charge in [-0.1, -0.05) is 18.5 Å². The molecule has 0 aliphatic carbocycles. The van der Waals surface area contributed by atoms with E-state index in [4.69, 9.17) is 11.6 Å². The van der Waals surface area contributed by atoms with Gasteiger partial charge in [0.05, 0.1) is 11.6 Å². The molecular weight excluding hydrogens is 294 g/mol. The molecule has 2 aromatic rings. The van der Waals surface area contributed by atoms with E-state index in [-0.39, 0.29) is 11.6 Å². The van der Waals surface area contributed by atoms with Gasteiger partial charge in [-0.3, -0.25) is 4.79 Å². The number of rotatable bonds is 5. The topological polar surface area (TPSA) is 54.0 Å². The molecule has 0 aromatic carbocycles. The molecule has 0 bridgehead atoms. The molecule has 0 atom stereocenters. The van der Waals surface area contributed by atoms with Crippen molar-refractivity contribution < 1.29 is 4.79 Å². The summed E-state index contributed by atoms with van der Waals surface area (Å²) in [4.78, 5) is 17.5. The van der Waals surface area contributed by atoms with Crippen molar-refractivity contribution in [3.63, 3.8) is 0 Å². The predicted molar refractivity (Wildman–Crippen MR) is 83.7 cm³/mol. The van der Waals surface area contributed by atoms with Crippen LogP contribution in [0.3, 0.4) is 0 Å². The van der Waals surface area contributed by atoms with Crippen LogP contribution in [0.5, 0.6) is 0 Å². The fraction of sp³-hybridized carbons (Fsp3) is 0.286. The van der Waals surface area contributed by atoms with Crippen molar-refractivity contribution in [3.05, 3.63) is 44.7 Å². The largest absolute Gasteiger partial charge is 0.373 e. The molecule has 0 spiro atoms. The summed E-state index contributed by atoms with van der Waals surface area (Å²) >= 11 is 7.66. The van der Waals surface area contributed by atoms with Crippen LogP contribution in [-0.4, -0.2) is 17.9 Å². The van der Waals surface area contributed by atoms with Crippen LogP contribution < -0.4 is 10.6 Å². The third-order valence-corrected chi connectivity index (χ3v) is 4.21. The van der Waals surface area contributed by atoms with Crippen LogP contribution in [0.25, 0.3) is 0 Å². The van der Waals surface area contributed by atoms with Crippen LogP contribution >= 0.6 is 22.9 Å². The van der Waals surface area contributed by atoms with Gasteiger partial charge >= 0.3 is 0 Å². The Hall–Kier alpha value is -1.59. The first-order chi connectivity index (χ1) is 9.65. The minimum atomic E-state index is -0.262. The van der Waals surface area contributed by atoms with Gasteiger partial charge in [0, 0.05) is 11.9 Å². The number of halogens is 1. The average molecular weight is 310 g/mol.